The van der Waals surface area contributed by atoms with Crippen LogP contribution in [0.1, 0.15) is 16.9 Å². The first-order valence-corrected chi connectivity index (χ1v) is 12.1. The summed E-state index contributed by atoms with van der Waals surface area (Å²) >= 11 is 3.50. The normalized spacial score (nSPS) is 14.8. The van der Waals surface area contributed by atoms with Crippen LogP contribution >= 0.6 is 15.9 Å². The Kier molecular flexibility index (Phi) is 6.78. The summed E-state index contributed by atoms with van der Waals surface area (Å²) in [6.45, 7) is 0.211. The number of imide groups is 2. The van der Waals surface area contributed by atoms with Crippen molar-refractivity contribution in [1.29, 1.82) is 0 Å². The van der Waals surface area contributed by atoms with Crippen LogP contribution < -0.4 is 14.8 Å². The number of benzene rings is 3. The van der Waals surface area contributed by atoms with E-state index in [1.54, 1.807) is 24.3 Å². The second-order valence-corrected chi connectivity index (χ2v) is 9.09. The number of carbonyl (C=O) groups excluding carboxylic acids is 3. The molecule has 0 aliphatic carbocycles. The summed E-state index contributed by atoms with van der Waals surface area (Å²) < 4.78 is 17.4. The highest BCUT2D eigenvalue weighted by molar-refractivity contribution is 9.10. The summed E-state index contributed by atoms with van der Waals surface area (Å²) in [5.74, 6) is -0.200. The van der Waals surface area contributed by atoms with Gasteiger partial charge in [0.2, 0.25) is 0 Å². The monoisotopic (exact) mass is 560 g/mol. The second-order valence-electron chi connectivity index (χ2n) is 8.24. The molecule has 1 N–H and O–H groups in total. The van der Waals surface area contributed by atoms with E-state index in [0.717, 1.165) is 21.2 Å². The molecule has 1 fully saturated rings. The fourth-order valence-corrected chi connectivity index (χ4v) is 4.50. The number of nitrogens with zero attached hydrogens (tertiary/aromatic N) is 1. The largest absolute Gasteiger partial charge is 0.493 e. The summed E-state index contributed by atoms with van der Waals surface area (Å²) in [5, 5.41) is 4.42. The molecule has 4 aromatic rings. The van der Waals surface area contributed by atoms with Crippen LogP contribution in [0.3, 0.4) is 0 Å². The number of barbiturate groups is 1. The van der Waals surface area contributed by atoms with Crippen molar-refractivity contribution in [3.8, 4) is 11.5 Å². The Morgan fingerprint density at radius 1 is 1.00 bits per heavy atom. The highest BCUT2D eigenvalue weighted by Crippen LogP contribution is 2.36. The molecule has 3 aromatic carbocycles. The van der Waals surface area contributed by atoms with Gasteiger partial charge in [-0.25, -0.2) is 4.79 Å². The van der Waals surface area contributed by atoms with E-state index >= 15 is 0 Å². The Morgan fingerprint density at radius 2 is 1.81 bits per heavy atom. The number of methoxy groups -OCH3 is 1. The molecule has 4 amide bonds. The number of rotatable bonds is 7. The van der Waals surface area contributed by atoms with Crippen LogP contribution in [0.15, 0.2) is 87.5 Å². The van der Waals surface area contributed by atoms with Gasteiger partial charge in [-0.3, -0.25) is 19.8 Å². The van der Waals surface area contributed by atoms with Crippen molar-refractivity contribution >= 4 is 50.6 Å². The number of amides is 4. The molecule has 1 aliphatic rings. The molecule has 0 saturated carbocycles. The van der Waals surface area contributed by atoms with E-state index in [-0.39, 0.29) is 12.1 Å². The van der Waals surface area contributed by atoms with Gasteiger partial charge < -0.3 is 13.9 Å². The third-order valence-corrected chi connectivity index (χ3v) is 6.61. The number of nitrogens with one attached hydrogen (secondary N) is 1. The van der Waals surface area contributed by atoms with Gasteiger partial charge >= 0.3 is 6.03 Å². The molecule has 1 aliphatic heterocycles. The molecule has 1 aromatic heterocycles. The third kappa shape index (κ3) is 4.99. The Morgan fingerprint density at radius 3 is 2.59 bits per heavy atom. The SMILES string of the molecule is COc1cc(/C=C2\C(=O)NC(=O)N(Cc3ccco3)C2=O)c(Br)cc1OCc1cccc2ccccc12. The lowest BCUT2D eigenvalue weighted by Crippen LogP contribution is -2.53. The summed E-state index contributed by atoms with van der Waals surface area (Å²) in [5.41, 5.74) is 1.33. The molecule has 8 nitrogen and oxygen atoms in total. The minimum absolute atomic E-state index is 0.103. The maximum Gasteiger partial charge on any atom is 0.331 e. The van der Waals surface area contributed by atoms with Crippen molar-refractivity contribution < 1.29 is 28.3 Å². The molecular weight excluding hydrogens is 540 g/mol. The molecule has 186 valence electrons. The van der Waals surface area contributed by atoms with Crippen LogP contribution in [0.25, 0.3) is 16.8 Å². The Balaban J connectivity index is 1.41. The molecule has 5 rings (SSSR count). The van der Waals surface area contributed by atoms with Crippen molar-refractivity contribution in [2.24, 2.45) is 0 Å². The number of furan rings is 1. The van der Waals surface area contributed by atoms with Gasteiger partial charge in [-0.15, -0.1) is 0 Å². The van der Waals surface area contributed by atoms with E-state index in [4.69, 9.17) is 13.9 Å². The zero-order chi connectivity index (χ0) is 25.9. The maximum absolute atomic E-state index is 13.0. The van der Waals surface area contributed by atoms with Crippen molar-refractivity contribution in [1.82, 2.24) is 10.2 Å². The number of carbonyl (C=O) groups is 3. The minimum atomic E-state index is -0.808. The number of urea groups is 1. The van der Waals surface area contributed by atoms with Crippen molar-refractivity contribution in [3.05, 3.63) is 99.9 Å². The fourth-order valence-electron chi connectivity index (χ4n) is 4.06. The lowest BCUT2D eigenvalue weighted by molar-refractivity contribution is -0.130. The lowest BCUT2D eigenvalue weighted by atomic mass is 10.1. The molecule has 0 radical (unpaired) electrons. The van der Waals surface area contributed by atoms with E-state index in [0.29, 0.717) is 33.9 Å². The van der Waals surface area contributed by atoms with Gasteiger partial charge in [0, 0.05) is 4.47 Å². The highest BCUT2D eigenvalue weighted by Gasteiger charge is 2.36. The van der Waals surface area contributed by atoms with E-state index in [9.17, 15) is 14.4 Å². The molecule has 0 bridgehead atoms. The summed E-state index contributed by atoms with van der Waals surface area (Å²) in [7, 11) is 1.51. The zero-order valence-electron chi connectivity index (χ0n) is 19.7. The summed E-state index contributed by atoms with van der Waals surface area (Å²) in [6, 6.07) is 19.9. The molecule has 1 saturated heterocycles. The van der Waals surface area contributed by atoms with Gasteiger partial charge in [-0.1, -0.05) is 58.4 Å². The van der Waals surface area contributed by atoms with E-state index in [1.807, 2.05) is 42.5 Å². The maximum atomic E-state index is 13.0. The molecule has 0 unspecified atom stereocenters. The number of ether oxygens (including phenoxy) is 2. The van der Waals surface area contributed by atoms with Gasteiger partial charge in [0.1, 0.15) is 17.9 Å². The molecule has 0 spiro atoms. The second kappa shape index (κ2) is 10.3. The fraction of sp³-hybridized carbons (Fsp3) is 0.107. The quantitative estimate of drug-likeness (QED) is 0.238. The zero-order valence-corrected chi connectivity index (χ0v) is 21.3. The smallest absolute Gasteiger partial charge is 0.331 e. The summed E-state index contributed by atoms with van der Waals surface area (Å²) in [6.07, 6.45) is 2.84. The van der Waals surface area contributed by atoms with E-state index in [1.165, 1.54) is 19.4 Å². The van der Waals surface area contributed by atoms with Crippen molar-refractivity contribution in [2.75, 3.05) is 7.11 Å². The molecule has 2 heterocycles. The van der Waals surface area contributed by atoms with Crippen LogP contribution in [0, 0.1) is 0 Å². The number of hydrogen-bond acceptors (Lipinski definition) is 6. The van der Waals surface area contributed by atoms with E-state index < -0.39 is 17.8 Å². The van der Waals surface area contributed by atoms with Crippen LogP contribution in [-0.2, 0) is 22.7 Å². The van der Waals surface area contributed by atoms with Gasteiger partial charge in [-0.05, 0) is 52.2 Å². The van der Waals surface area contributed by atoms with Crippen LogP contribution in [-0.4, -0.2) is 29.9 Å². The van der Waals surface area contributed by atoms with E-state index in [2.05, 4.69) is 21.2 Å². The van der Waals surface area contributed by atoms with Crippen LogP contribution in [0.4, 0.5) is 4.79 Å². The topological polar surface area (TPSA) is 98.1 Å². The minimum Gasteiger partial charge on any atom is -0.493 e. The van der Waals surface area contributed by atoms with Gasteiger partial charge in [0.15, 0.2) is 11.5 Å². The molecule has 0 atom stereocenters. The lowest BCUT2D eigenvalue weighted by Gasteiger charge is -2.25. The Labute approximate surface area is 220 Å². The molecule has 9 heteroatoms. The van der Waals surface area contributed by atoms with Crippen LogP contribution in [0.5, 0.6) is 11.5 Å². The van der Waals surface area contributed by atoms with Crippen molar-refractivity contribution in [3.63, 3.8) is 0 Å². The van der Waals surface area contributed by atoms with Gasteiger partial charge in [0.25, 0.3) is 11.8 Å². The van der Waals surface area contributed by atoms with Gasteiger partial charge in [-0.2, -0.15) is 0 Å². The molecular formula is C28H21BrN2O6. The number of hydrogen-bond donors (Lipinski definition) is 1. The Bertz CT molecular complexity index is 1540. The third-order valence-electron chi connectivity index (χ3n) is 5.93. The standard InChI is InChI=1S/C28H21BrN2O6/c1-35-24-13-19(12-22-26(32)30-28(34)31(27(22)33)15-20-9-5-11-36-20)23(29)14-25(24)37-16-18-8-4-7-17-6-2-3-10-21(17)18/h2-14H,15-16H2,1H3,(H,30,32,34)/b22-12+. The predicted molar refractivity (Wildman–Crippen MR) is 140 cm³/mol. The average molecular weight is 561 g/mol. The summed E-state index contributed by atoms with van der Waals surface area (Å²) in [4.78, 5) is 38.8. The predicted octanol–water partition coefficient (Wildman–Crippen LogP) is 5.44. The first-order chi connectivity index (χ1) is 17.9. The first-order valence-electron chi connectivity index (χ1n) is 11.3. The van der Waals surface area contributed by atoms with Crippen molar-refractivity contribution in [2.45, 2.75) is 13.2 Å². The number of halogens is 1. The first kappa shape index (κ1) is 24.3. The van der Waals surface area contributed by atoms with Crippen LogP contribution in [0.2, 0.25) is 0 Å². The average Bonchev–Trinajstić information content (AvgIpc) is 3.42. The van der Waals surface area contributed by atoms with Gasteiger partial charge in [0.05, 0.1) is 19.9 Å². The number of fused-ring (bicyclic) bond motifs is 1. The Hall–Kier alpha value is -4.37. The highest BCUT2D eigenvalue weighted by atomic mass is 79.9. The molecule has 37 heavy (non-hydrogen) atoms.